The van der Waals surface area contributed by atoms with Crippen LogP contribution in [-0.2, 0) is 15.7 Å². The number of benzene rings is 1. The number of ether oxygens (including phenoxy) is 1. The van der Waals surface area contributed by atoms with E-state index < -0.39 is 35.6 Å². The van der Waals surface area contributed by atoms with Gasteiger partial charge in [-0.1, -0.05) is 0 Å². The molecule has 0 bridgehead atoms. The van der Waals surface area contributed by atoms with E-state index in [-0.39, 0.29) is 12.1 Å². The lowest BCUT2D eigenvalue weighted by Crippen LogP contribution is -2.42. The van der Waals surface area contributed by atoms with Crippen molar-refractivity contribution in [1.82, 2.24) is 4.90 Å². The summed E-state index contributed by atoms with van der Waals surface area (Å²) >= 11 is 0. The fourth-order valence-electron chi connectivity index (χ4n) is 3.66. The van der Waals surface area contributed by atoms with E-state index in [0.717, 1.165) is 18.9 Å². The van der Waals surface area contributed by atoms with Gasteiger partial charge in [-0.3, -0.25) is 9.69 Å². The van der Waals surface area contributed by atoms with E-state index in [2.05, 4.69) is 5.32 Å². The normalized spacial score (nSPS) is 24.9. The topological polar surface area (TPSA) is 61.8 Å². The summed E-state index contributed by atoms with van der Waals surface area (Å²) in [7, 11) is 0. The second kappa shape index (κ2) is 8.12. The van der Waals surface area contributed by atoms with Gasteiger partial charge in [0.2, 0.25) is 5.91 Å². The summed E-state index contributed by atoms with van der Waals surface area (Å²) in [5.41, 5.74) is -1.42. The molecule has 0 spiro atoms. The standard InChI is InChI=1S/C18H22F4N2O3/c19-15-7-12(1-2-14(15)18(20,21)22)23-17(26)16-8-13(25)10-24(16)9-11-3-5-27-6-4-11/h1-2,7,11,13,16,25H,3-6,8-10H2,(H,23,26)/t13-,16+/m1/s1. The summed E-state index contributed by atoms with van der Waals surface area (Å²) in [6.45, 7) is 2.34. The Balaban J connectivity index is 1.66. The van der Waals surface area contributed by atoms with Gasteiger partial charge in [0.25, 0.3) is 0 Å². The van der Waals surface area contributed by atoms with Crippen molar-refractivity contribution in [2.24, 2.45) is 5.92 Å². The minimum absolute atomic E-state index is 0.0436. The highest BCUT2D eigenvalue weighted by Gasteiger charge is 2.38. The van der Waals surface area contributed by atoms with Crippen molar-refractivity contribution in [2.75, 3.05) is 31.6 Å². The number of anilines is 1. The Kier molecular flexibility index (Phi) is 6.02. The van der Waals surface area contributed by atoms with Crippen LogP contribution in [0.3, 0.4) is 0 Å². The van der Waals surface area contributed by atoms with Gasteiger partial charge in [0, 0.05) is 32.0 Å². The third-order valence-electron chi connectivity index (χ3n) is 5.06. The maximum Gasteiger partial charge on any atom is 0.419 e. The van der Waals surface area contributed by atoms with Gasteiger partial charge in [0.05, 0.1) is 17.7 Å². The zero-order valence-electron chi connectivity index (χ0n) is 14.6. The lowest BCUT2D eigenvalue weighted by molar-refractivity contribution is -0.140. The number of rotatable bonds is 4. The number of likely N-dealkylation sites (tertiary alicyclic amines) is 1. The Morgan fingerprint density at radius 3 is 2.63 bits per heavy atom. The Morgan fingerprint density at radius 2 is 2.00 bits per heavy atom. The van der Waals surface area contributed by atoms with Crippen LogP contribution in [0.2, 0.25) is 0 Å². The van der Waals surface area contributed by atoms with Gasteiger partial charge >= 0.3 is 6.18 Å². The SMILES string of the molecule is O=C(Nc1ccc(C(F)(F)F)c(F)c1)[C@@H]1C[C@@H](O)CN1CC1CCOCC1. The number of amides is 1. The molecule has 150 valence electrons. The minimum Gasteiger partial charge on any atom is -0.392 e. The molecule has 2 heterocycles. The van der Waals surface area contributed by atoms with Crippen LogP contribution in [0.5, 0.6) is 0 Å². The summed E-state index contributed by atoms with van der Waals surface area (Å²) in [5.74, 6) is -1.54. The molecule has 2 aliphatic heterocycles. The van der Waals surface area contributed by atoms with E-state index in [1.165, 1.54) is 0 Å². The Labute approximate surface area is 154 Å². The number of carbonyl (C=O) groups excluding carboxylic acids is 1. The second-order valence-corrected chi connectivity index (χ2v) is 7.10. The zero-order valence-corrected chi connectivity index (χ0v) is 14.6. The van der Waals surface area contributed by atoms with Crippen LogP contribution in [0.4, 0.5) is 23.2 Å². The van der Waals surface area contributed by atoms with Crippen molar-refractivity contribution in [3.63, 3.8) is 0 Å². The predicted octanol–water partition coefficient (Wildman–Crippen LogP) is 2.64. The van der Waals surface area contributed by atoms with E-state index in [9.17, 15) is 27.5 Å². The van der Waals surface area contributed by atoms with Gasteiger partial charge in [-0.15, -0.1) is 0 Å². The summed E-state index contributed by atoms with van der Waals surface area (Å²) in [5, 5.41) is 12.4. The summed E-state index contributed by atoms with van der Waals surface area (Å²) in [6, 6.07) is 1.69. The van der Waals surface area contributed by atoms with E-state index in [1.54, 1.807) is 0 Å². The number of alkyl halides is 3. The number of hydrogen-bond acceptors (Lipinski definition) is 4. The fraction of sp³-hybridized carbons (Fsp3) is 0.611. The molecule has 2 aliphatic rings. The largest absolute Gasteiger partial charge is 0.419 e. The molecule has 0 unspecified atom stereocenters. The second-order valence-electron chi connectivity index (χ2n) is 7.10. The number of nitrogens with one attached hydrogen (secondary N) is 1. The lowest BCUT2D eigenvalue weighted by Gasteiger charge is -2.30. The van der Waals surface area contributed by atoms with Gasteiger partial charge in [-0.25, -0.2) is 4.39 Å². The first-order chi connectivity index (χ1) is 12.7. The maximum absolute atomic E-state index is 13.7. The van der Waals surface area contributed by atoms with Crippen LogP contribution in [0.15, 0.2) is 18.2 Å². The number of halogens is 4. The number of β-amino-alcohol motifs (C(OH)–C–C–N with tert-alkyl or cyclic N) is 1. The molecule has 2 saturated heterocycles. The molecule has 27 heavy (non-hydrogen) atoms. The third kappa shape index (κ3) is 4.97. The number of nitrogens with zero attached hydrogens (tertiary/aromatic N) is 1. The third-order valence-corrected chi connectivity index (χ3v) is 5.06. The molecule has 1 aromatic carbocycles. The van der Waals surface area contributed by atoms with Crippen molar-refractivity contribution >= 4 is 11.6 Å². The molecule has 1 amide bonds. The average Bonchev–Trinajstić information content (AvgIpc) is 2.95. The Bertz CT molecular complexity index is 677. The lowest BCUT2D eigenvalue weighted by atomic mass is 9.99. The first kappa shape index (κ1) is 20.0. The summed E-state index contributed by atoms with van der Waals surface area (Å²) in [6.07, 6.45) is -3.44. The number of hydrogen-bond donors (Lipinski definition) is 2. The van der Waals surface area contributed by atoms with Crippen LogP contribution in [0.1, 0.15) is 24.8 Å². The molecule has 9 heteroatoms. The van der Waals surface area contributed by atoms with Gasteiger partial charge in [0.1, 0.15) is 5.82 Å². The smallest absolute Gasteiger partial charge is 0.392 e. The van der Waals surface area contributed by atoms with Crippen LogP contribution < -0.4 is 5.32 Å². The molecule has 0 saturated carbocycles. The van der Waals surface area contributed by atoms with Crippen LogP contribution in [0.25, 0.3) is 0 Å². The van der Waals surface area contributed by atoms with Gasteiger partial charge in [-0.2, -0.15) is 13.2 Å². The van der Waals surface area contributed by atoms with Gasteiger partial charge < -0.3 is 15.2 Å². The molecular weight excluding hydrogens is 368 g/mol. The summed E-state index contributed by atoms with van der Waals surface area (Å²) < 4.78 is 56.9. The first-order valence-corrected chi connectivity index (χ1v) is 8.91. The van der Waals surface area contributed by atoms with Crippen LogP contribution in [-0.4, -0.2) is 54.4 Å². The van der Waals surface area contributed by atoms with Crippen molar-refractivity contribution in [3.8, 4) is 0 Å². The van der Waals surface area contributed by atoms with Crippen molar-refractivity contribution in [2.45, 2.75) is 37.6 Å². The molecular formula is C18H22F4N2O3. The fourth-order valence-corrected chi connectivity index (χ4v) is 3.66. The van der Waals surface area contributed by atoms with Crippen molar-refractivity contribution in [3.05, 3.63) is 29.6 Å². The van der Waals surface area contributed by atoms with E-state index in [0.29, 0.717) is 44.4 Å². The molecule has 0 aromatic heterocycles. The highest BCUT2D eigenvalue weighted by molar-refractivity contribution is 5.95. The average molecular weight is 390 g/mol. The Hall–Kier alpha value is -1.71. The quantitative estimate of drug-likeness (QED) is 0.776. The first-order valence-electron chi connectivity index (χ1n) is 8.91. The van der Waals surface area contributed by atoms with E-state index in [1.807, 2.05) is 4.90 Å². The molecule has 5 nitrogen and oxygen atoms in total. The predicted molar refractivity (Wildman–Crippen MR) is 89.6 cm³/mol. The number of aliphatic hydroxyl groups is 1. The zero-order chi connectivity index (χ0) is 19.6. The molecule has 2 atom stereocenters. The van der Waals surface area contributed by atoms with Crippen molar-refractivity contribution in [1.29, 1.82) is 0 Å². The molecule has 0 aliphatic carbocycles. The number of aliphatic hydroxyl groups excluding tert-OH is 1. The van der Waals surface area contributed by atoms with Gasteiger partial charge in [-0.05, 0) is 43.4 Å². The molecule has 0 radical (unpaired) electrons. The van der Waals surface area contributed by atoms with Gasteiger partial charge in [0.15, 0.2) is 0 Å². The number of carbonyl (C=O) groups is 1. The van der Waals surface area contributed by atoms with Crippen LogP contribution in [0, 0.1) is 11.7 Å². The molecule has 1 aromatic rings. The maximum atomic E-state index is 13.7. The minimum atomic E-state index is -4.79. The highest BCUT2D eigenvalue weighted by Crippen LogP contribution is 2.32. The molecule has 3 rings (SSSR count). The summed E-state index contributed by atoms with van der Waals surface area (Å²) in [4.78, 5) is 14.5. The molecule has 2 N–H and O–H groups in total. The van der Waals surface area contributed by atoms with E-state index >= 15 is 0 Å². The monoisotopic (exact) mass is 390 g/mol. The Morgan fingerprint density at radius 1 is 1.30 bits per heavy atom. The van der Waals surface area contributed by atoms with E-state index in [4.69, 9.17) is 4.74 Å². The highest BCUT2D eigenvalue weighted by atomic mass is 19.4. The van der Waals surface area contributed by atoms with Crippen molar-refractivity contribution < 1.29 is 32.2 Å². The van der Waals surface area contributed by atoms with Crippen LogP contribution >= 0.6 is 0 Å². The molecule has 2 fully saturated rings.